The molecule has 0 aliphatic carbocycles. The Labute approximate surface area is 125 Å². The predicted molar refractivity (Wildman–Crippen MR) is 71.2 cm³/mol. The Bertz CT molecular complexity index is 504. The lowest BCUT2D eigenvalue weighted by Crippen LogP contribution is -2.47. The van der Waals surface area contributed by atoms with E-state index in [-0.39, 0.29) is 5.56 Å². The molecule has 124 valence electrons. The summed E-state index contributed by atoms with van der Waals surface area (Å²) in [6.45, 7) is -1.52. The van der Waals surface area contributed by atoms with Gasteiger partial charge in [-0.2, -0.15) is 0 Å². The smallest absolute Gasteiger partial charge is 0.338 e. The van der Waals surface area contributed by atoms with Crippen molar-refractivity contribution in [3.05, 3.63) is 23.8 Å². The molecule has 4 atom stereocenters. The molecule has 0 fully saturated rings. The number of aliphatic hydroxyl groups is 5. The van der Waals surface area contributed by atoms with Crippen molar-refractivity contribution in [1.82, 2.24) is 0 Å². The zero-order valence-electron chi connectivity index (χ0n) is 11.4. The van der Waals surface area contributed by atoms with Crippen molar-refractivity contribution in [3.63, 3.8) is 0 Å². The fraction of sp³-hybridized carbons (Fsp3) is 0.462. The summed E-state index contributed by atoms with van der Waals surface area (Å²) < 4.78 is 4.67. The molecular weight excluding hydrogens is 300 g/mol. The van der Waals surface area contributed by atoms with Gasteiger partial charge in [-0.1, -0.05) is 0 Å². The standard InChI is InChI=1S/C13H18O9/c14-4-9(17)11(19)12(20)10(18)5-22-13(21)6-1-2-7(15)8(16)3-6/h1-3,9-12,14-20H,4-5H2. The van der Waals surface area contributed by atoms with E-state index in [9.17, 15) is 25.2 Å². The first kappa shape index (κ1) is 18.1. The van der Waals surface area contributed by atoms with E-state index in [1.165, 1.54) is 6.07 Å². The van der Waals surface area contributed by atoms with Crippen molar-refractivity contribution in [1.29, 1.82) is 0 Å². The topological polar surface area (TPSA) is 168 Å². The Kier molecular flexibility index (Phi) is 6.53. The molecule has 0 aromatic heterocycles. The van der Waals surface area contributed by atoms with Crippen LogP contribution in [0.2, 0.25) is 0 Å². The summed E-state index contributed by atoms with van der Waals surface area (Å²) in [7, 11) is 0. The minimum atomic E-state index is -1.84. The highest BCUT2D eigenvalue weighted by atomic mass is 16.5. The van der Waals surface area contributed by atoms with Gasteiger partial charge in [0.25, 0.3) is 0 Å². The second kappa shape index (κ2) is 7.92. The predicted octanol–water partition coefficient (Wildman–Crippen LogP) is -2.31. The van der Waals surface area contributed by atoms with E-state index >= 15 is 0 Å². The number of benzene rings is 1. The number of esters is 1. The van der Waals surface area contributed by atoms with Gasteiger partial charge in [-0.15, -0.1) is 0 Å². The summed E-state index contributed by atoms with van der Waals surface area (Å²) in [4.78, 5) is 11.6. The van der Waals surface area contributed by atoms with E-state index in [0.29, 0.717) is 0 Å². The molecule has 0 amide bonds. The van der Waals surface area contributed by atoms with Gasteiger partial charge in [0, 0.05) is 0 Å². The molecule has 1 aromatic rings. The molecule has 0 saturated carbocycles. The zero-order chi connectivity index (χ0) is 16.9. The summed E-state index contributed by atoms with van der Waals surface area (Å²) >= 11 is 0. The highest BCUT2D eigenvalue weighted by molar-refractivity contribution is 5.90. The average Bonchev–Trinajstić information content (AvgIpc) is 2.52. The van der Waals surface area contributed by atoms with Crippen LogP contribution >= 0.6 is 0 Å². The number of hydrogen-bond acceptors (Lipinski definition) is 9. The first-order valence-electron chi connectivity index (χ1n) is 6.30. The van der Waals surface area contributed by atoms with Crippen LogP contribution in [0.1, 0.15) is 10.4 Å². The van der Waals surface area contributed by atoms with E-state index in [0.717, 1.165) is 12.1 Å². The van der Waals surface area contributed by atoms with Crippen LogP contribution in [-0.2, 0) is 4.74 Å². The SMILES string of the molecule is O=C(OCC(O)C(O)C(O)C(O)CO)c1ccc(O)c(O)c1. The van der Waals surface area contributed by atoms with Crippen molar-refractivity contribution in [2.75, 3.05) is 13.2 Å². The lowest BCUT2D eigenvalue weighted by Gasteiger charge is -2.25. The van der Waals surface area contributed by atoms with Crippen LogP contribution in [0.5, 0.6) is 11.5 Å². The number of carbonyl (C=O) groups excluding carboxylic acids is 1. The minimum absolute atomic E-state index is 0.104. The van der Waals surface area contributed by atoms with Gasteiger partial charge in [0.1, 0.15) is 31.0 Å². The Hall–Kier alpha value is -1.91. The normalized spacial score (nSPS) is 16.6. The van der Waals surface area contributed by atoms with Gasteiger partial charge >= 0.3 is 5.97 Å². The Morgan fingerprint density at radius 3 is 2.14 bits per heavy atom. The number of phenols is 2. The summed E-state index contributed by atoms with van der Waals surface area (Å²) in [6, 6.07) is 3.19. The lowest BCUT2D eigenvalue weighted by atomic mass is 10.0. The van der Waals surface area contributed by atoms with Gasteiger partial charge in [-0.25, -0.2) is 4.79 Å². The number of hydrogen-bond donors (Lipinski definition) is 7. The molecule has 4 unspecified atom stereocenters. The van der Waals surface area contributed by atoms with E-state index < -0.39 is 55.1 Å². The molecule has 7 N–H and O–H groups in total. The fourth-order valence-electron chi connectivity index (χ4n) is 1.56. The van der Waals surface area contributed by atoms with E-state index in [2.05, 4.69) is 4.74 Å². The van der Waals surface area contributed by atoms with Crippen molar-refractivity contribution in [2.45, 2.75) is 24.4 Å². The average molecular weight is 318 g/mol. The van der Waals surface area contributed by atoms with Crippen molar-refractivity contribution in [3.8, 4) is 11.5 Å². The third kappa shape index (κ3) is 4.55. The maximum Gasteiger partial charge on any atom is 0.338 e. The quantitative estimate of drug-likeness (QED) is 0.216. The molecule has 0 spiro atoms. The van der Waals surface area contributed by atoms with Crippen LogP contribution < -0.4 is 0 Å². The van der Waals surface area contributed by atoms with Crippen LogP contribution in [0.4, 0.5) is 0 Å². The van der Waals surface area contributed by atoms with Crippen molar-refractivity contribution >= 4 is 5.97 Å². The summed E-state index contributed by atoms with van der Waals surface area (Å²) in [5.41, 5.74) is -0.104. The first-order valence-corrected chi connectivity index (χ1v) is 6.30. The number of carbonyl (C=O) groups is 1. The number of ether oxygens (including phenoxy) is 1. The maximum absolute atomic E-state index is 11.6. The van der Waals surface area contributed by atoms with Gasteiger partial charge in [-0.05, 0) is 18.2 Å². The molecule has 0 heterocycles. The Morgan fingerprint density at radius 2 is 1.59 bits per heavy atom. The Balaban J connectivity index is 2.57. The molecule has 1 aromatic carbocycles. The van der Waals surface area contributed by atoms with Crippen LogP contribution in [0.25, 0.3) is 0 Å². The molecule has 1 rings (SSSR count). The number of phenolic OH excluding ortho intramolecular Hbond substituents is 2. The van der Waals surface area contributed by atoms with Crippen LogP contribution in [-0.4, -0.2) is 79.3 Å². The highest BCUT2D eigenvalue weighted by Gasteiger charge is 2.30. The summed E-state index contributed by atoms with van der Waals surface area (Å²) in [6.07, 6.45) is -7.03. The van der Waals surface area contributed by atoms with Crippen molar-refractivity contribution < 1.29 is 45.3 Å². The van der Waals surface area contributed by atoms with Gasteiger partial charge in [-0.3, -0.25) is 0 Å². The summed E-state index contributed by atoms with van der Waals surface area (Å²) in [5, 5.41) is 64.6. The molecule has 9 nitrogen and oxygen atoms in total. The molecule has 0 bridgehead atoms. The molecule has 0 radical (unpaired) electrons. The van der Waals surface area contributed by atoms with Gasteiger partial charge in [0.2, 0.25) is 0 Å². The first-order chi connectivity index (χ1) is 10.3. The van der Waals surface area contributed by atoms with Gasteiger partial charge in [0.15, 0.2) is 11.5 Å². The van der Waals surface area contributed by atoms with Gasteiger partial charge in [0.05, 0.1) is 12.2 Å². The second-order valence-corrected chi connectivity index (χ2v) is 4.60. The van der Waals surface area contributed by atoms with Gasteiger partial charge < -0.3 is 40.5 Å². The summed E-state index contributed by atoms with van der Waals surface area (Å²) in [5.74, 6) is -1.90. The van der Waals surface area contributed by atoms with E-state index in [4.69, 9.17) is 15.3 Å². The number of aliphatic hydroxyl groups excluding tert-OH is 5. The third-order valence-corrected chi connectivity index (χ3v) is 2.92. The number of aromatic hydroxyl groups is 2. The molecule has 0 aliphatic heterocycles. The number of rotatable bonds is 7. The van der Waals surface area contributed by atoms with Crippen LogP contribution in [0.3, 0.4) is 0 Å². The van der Waals surface area contributed by atoms with Crippen molar-refractivity contribution in [2.24, 2.45) is 0 Å². The third-order valence-electron chi connectivity index (χ3n) is 2.92. The largest absolute Gasteiger partial charge is 0.504 e. The van der Waals surface area contributed by atoms with Crippen LogP contribution in [0, 0.1) is 0 Å². The zero-order valence-corrected chi connectivity index (χ0v) is 11.4. The lowest BCUT2D eigenvalue weighted by molar-refractivity contribution is -0.124. The fourth-order valence-corrected chi connectivity index (χ4v) is 1.56. The monoisotopic (exact) mass is 318 g/mol. The highest BCUT2D eigenvalue weighted by Crippen LogP contribution is 2.25. The molecule has 9 heteroatoms. The van der Waals surface area contributed by atoms with E-state index in [1.54, 1.807) is 0 Å². The minimum Gasteiger partial charge on any atom is -0.504 e. The maximum atomic E-state index is 11.6. The molecule has 0 saturated heterocycles. The second-order valence-electron chi connectivity index (χ2n) is 4.60. The van der Waals surface area contributed by atoms with Crippen LogP contribution in [0.15, 0.2) is 18.2 Å². The molecule has 0 aliphatic rings. The molecular formula is C13H18O9. The van der Waals surface area contributed by atoms with E-state index in [1.807, 2.05) is 0 Å². The Morgan fingerprint density at radius 1 is 1.00 bits per heavy atom. The molecule has 22 heavy (non-hydrogen) atoms.